The van der Waals surface area contributed by atoms with E-state index < -0.39 is 0 Å². The molecule has 0 fully saturated rings. The second kappa shape index (κ2) is 5.76. The van der Waals surface area contributed by atoms with Crippen LogP contribution in [0.5, 0.6) is 0 Å². The first kappa shape index (κ1) is 6.76. The van der Waals surface area contributed by atoms with Crippen molar-refractivity contribution in [2.24, 2.45) is 0 Å². The zero-order valence-corrected chi connectivity index (χ0v) is 3.49. The molecule has 0 rings (SSSR count). The molecule has 0 saturated heterocycles. The van der Waals surface area contributed by atoms with Gasteiger partial charge in [0.1, 0.15) is 0 Å². The Labute approximate surface area is 39.5 Å². The van der Waals surface area contributed by atoms with Crippen LogP contribution in [0.2, 0.25) is 0 Å². The highest BCUT2D eigenvalue weighted by atomic mass is 16.9. The summed E-state index contributed by atoms with van der Waals surface area (Å²) >= 11 is 0. The third-order valence-corrected chi connectivity index (χ3v) is 0.272. The molecule has 7 heavy (non-hydrogen) atoms. The molecule has 0 heterocycles. The minimum absolute atomic E-state index is 0.198. The van der Waals surface area contributed by atoms with Crippen LogP contribution < -0.4 is 11.3 Å². The predicted molar refractivity (Wildman–Crippen MR) is 17.6 cm³/mol. The zero-order valence-electron chi connectivity index (χ0n) is 3.49. The third-order valence-electron chi connectivity index (χ3n) is 0.272. The first-order valence-electron chi connectivity index (χ1n) is 1.52. The van der Waals surface area contributed by atoms with Crippen LogP contribution in [0.1, 0.15) is 0 Å². The van der Waals surface area contributed by atoms with Crippen LogP contribution in [0.25, 0.3) is 0 Å². The van der Waals surface area contributed by atoms with Crippen molar-refractivity contribution < 1.29 is 21.0 Å². The van der Waals surface area contributed by atoms with Crippen molar-refractivity contribution in [3.63, 3.8) is 0 Å². The molecular weight excluding hydrogens is 104 g/mol. The fourth-order valence-electron chi connectivity index (χ4n) is 0.0948. The molecule has 0 aliphatic rings. The van der Waals surface area contributed by atoms with Gasteiger partial charge in [0.15, 0.2) is 0 Å². The molecule has 44 valence electrons. The highest BCUT2D eigenvalue weighted by Crippen LogP contribution is 1.48. The number of quaternary nitrogens is 2. The molecule has 0 unspecified atom stereocenters. The highest BCUT2D eigenvalue weighted by molar-refractivity contribution is 3.78. The van der Waals surface area contributed by atoms with Gasteiger partial charge in [0.25, 0.3) is 6.79 Å². The van der Waals surface area contributed by atoms with Gasteiger partial charge in [-0.05, 0) is 0 Å². The van der Waals surface area contributed by atoms with Crippen LogP contribution in [-0.2, 0) is 9.68 Å². The van der Waals surface area contributed by atoms with Crippen molar-refractivity contribution in [1.29, 1.82) is 0 Å². The van der Waals surface area contributed by atoms with Crippen LogP contribution in [0.4, 0.5) is 0 Å². The molecule has 0 aliphatic heterocycles. The summed E-state index contributed by atoms with van der Waals surface area (Å²) in [4.78, 5) is 7.88. The molecule has 6 nitrogen and oxygen atoms in total. The molecule has 0 saturated carbocycles. The monoisotopic (exact) mass is 110 g/mol. The van der Waals surface area contributed by atoms with Crippen molar-refractivity contribution in [2.45, 2.75) is 0 Å². The molecule has 0 atom stereocenters. The van der Waals surface area contributed by atoms with Crippen LogP contribution in [0.15, 0.2) is 0 Å². The van der Waals surface area contributed by atoms with E-state index in [-0.39, 0.29) is 18.1 Å². The molecule has 0 aromatic carbocycles. The largest absolute Gasteiger partial charge is 0.601 e. The Morgan fingerprint density at radius 1 is 1.14 bits per heavy atom. The van der Waals surface area contributed by atoms with Crippen LogP contribution in [0, 0.1) is 10.4 Å². The second-order valence-corrected chi connectivity index (χ2v) is 0.644. The van der Waals surface area contributed by atoms with E-state index in [1.807, 2.05) is 0 Å². The Kier molecular flexibility index (Phi) is 5.56. The number of hydrogen-bond donors (Lipinski definition) is 2. The lowest BCUT2D eigenvalue weighted by Crippen LogP contribution is -2.81. The molecule has 0 amide bonds. The molecule has 0 aromatic heterocycles. The first-order chi connectivity index (χ1) is 3.41. The van der Waals surface area contributed by atoms with E-state index in [9.17, 15) is 10.4 Å². The Hall–Kier alpha value is -0.240. The maximum atomic E-state index is 9.26. The second-order valence-electron chi connectivity index (χ2n) is 0.644. The Morgan fingerprint density at radius 3 is 1.86 bits per heavy atom. The van der Waals surface area contributed by atoms with Gasteiger partial charge >= 0.3 is 0 Å². The van der Waals surface area contributed by atoms with Crippen molar-refractivity contribution in [3.05, 3.63) is 10.4 Å². The molecule has 4 N–H and O–H groups in total. The van der Waals surface area contributed by atoms with Gasteiger partial charge in [-0.1, -0.05) is 0 Å². The van der Waals surface area contributed by atoms with E-state index >= 15 is 0 Å². The van der Waals surface area contributed by atoms with Crippen molar-refractivity contribution in [3.8, 4) is 0 Å². The van der Waals surface area contributed by atoms with Crippen LogP contribution >= 0.6 is 0 Å². The Morgan fingerprint density at radius 2 is 1.57 bits per heavy atom. The summed E-state index contributed by atoms with van der Waals surface area (Å²) in [7, 11) is 0. The summed E-state index contributed by atoms with van der Waals surface area (Å²) in [6.45, 7) is -0.299. The van der Waals surface area contributed by atoms with Gasteiger partial charge < -0.3 is 10.4 Å². The summed E-state index contributed by atoms with van der Waals surface area (Å²) in [5.41, 5.74) is 0.396. The van der Waals surface area contributed by atoms with E-state index in [0.717, 1.165) is 0 Å². The molecule has 0 bridgehead atoms. The highest BCUT2D eigenvalue weighted by Gasteiger charge is 1.78. The van der Waals surface area contributed by atoms with Gasteiger partial charge in [0, 0.05) is 0 Å². The average Bonchev–Trinajstić information content (AvgIpc) is 1.69. The standard InChI is InChI=1S/CH6N2O4/c4-2-6-1-7-3-5/h1-3H2. The molecule has 0 aliphatic carbocycles. The number of nitrogens with two attached hydrogens (primary N) is 2. The third kappa shape index (κ3) is 5.76. The first-order valence-corrected chi connectivity index (χ1v) is 1.52. The summed E-state index contributed by atoms with van der Waals surface area (Å²) in [5, 5.41) is 18.5. The predicted octanol–water partition coefficient (Wildman–Crippen LogP) is -3.07. The van der Waals surface area contributed by atoms with Crippen molar-refractivity contribution >= 4 is 0 Å². The van der Waals surface area contributed by atoms with Gasteiger partial charge in [-0.2, -0.15) is 9.68 Å². The SMILES string of the molecule is [O-][NH2+]OCO[NH2+][O-]. The molecular formula is CH6N2O4. The fraction of sp³-hybridized carbons (Fsp3) is 1.00. The molecule has 6 heteroatoms. The number of rotatable bonds is 4. The van der Waals surface area contributed by atoms with Gasteiger partial charge in [-0.25, -0.2) is 11.3 Å². The topological polar surface area (TPSA) is 97.8 Å². The summed E-state index contributed by atoms with van der Waals surface area (Å²) in [5.74, 6) is 0. The summed E-state index contributed by atoms with van der Waals surface area (Å²) in [6, 6.07) is 0. The average molecular weight is 110 g/mol. The normalized spacial score (nSPS) is 9.43. The van der Waals surface area contributed by atoms with E-state index in [1.54, 1.807) is 0 Å². The summed E-state index contributed by atoms with van der Waals surface area (Å²) in [6.07, 6.45) is 0. The number of hydrogen-bond acceptors (Lipinski definition) is 4. The smallest absolute Gasteiger partial charge is 0.261 e. The maximum absolute atomic E-state index is 9.26. The lowest BCUT2D eigenvalue weighted by atomic mass is 11.5. The fourth-order valence-corrected chi connectivity index (χ4v) is 0.0948. The molecule has 0 radical (unpaired) electrons. The van der Waals surface area contributed by atoms with Crippen molar-refractivity contribution in [1.82, 2.24) is 0 Å². The van der Waals surface area contributed by atoms with E-state index in [4.69, 9.17) is 0 Å². The molecule has 0 spiro atoms. The zero-order chi connectivity index (χ0) is 5.54. The minimum Gasteiger partial charge on any atom is -0.601 e. The Balaban J connectivity index is 2.45. The van der Waals surface area contributed by atoms with Crippen LogP contribution in [-0.4, -0.2) is 6.79 Å². The van der Waals surface area contributed by atoms with Gasteiger partial charge in [-0.3, -0.25) is 0 Å². The lowest BCUT2D eigenvalue weighted by Gasteiger charge is -2.00. The van der Waals surface area contributed by atoms with E-state index in [1.165, 1.54) is 0 Å². The Bertz CT molecular complexity index is 28.9. The van der Waals surface area contributed by atoms with Gasteiger partial charge in [0.2, 0.25) is 0 Å². The van der Waals surface area contributed by atoms with E-state index in [0.29, 0.717) is 0 Å². The van der Waals surface area contributed by atoms with E-state index in [2.05, 4.69) is 9.68 Å². The van der Waals surface area contributed by atoms with Gasteiger partial charge in [-0.15, -0.1) is 0 Å². The quantitative estimate of drug-likeness (QED) is 0.228. The van der Waals surface area contributed by atoms with Gasteiger partial charge in [0.05, 0.1) is 0 Å². The summed E-state index contributed by atoms with van der Waals surface area (Å²) < 4.78 is 0. The van der Waals surface area contributed by atoms with Crippen molar-refractivity contribution in [2.75, 3.05) is 6.79 Å². The van der Waals surface area contributed by atoms with Crippen LogP contribution in [0.3, 0.4) is 0 Å². The minimum atomic E-state index is -0.299. The lowest BCUT2D eigenvalue weighted by molar-refractivity contribution is -0.918. The molecule has 0 aromatic rings. The maximum Gasteiger partial charge on any atom is 0.261 e.